The van der Waals surface area contributed by atoms with E-state index < -0.39 is 10.0 Å². The van der Waals surface area contributed by atoms with Gasteiger partial charge in [-0.25, -0.2) is 13.1 Å². The van der Waals surface area contributed by atoms with Gasteiger partial charge in [0.15, 0.2) is 0 Å². The molecule has 0 saturated carbocycles. The summed E-state index contributed by atoms with van der Waals surface area (Å²) in [5.41, 5.74) is 0.888. The highest BCUT2D eigenvalue weighted by Crippen LogP contribution is 2.25. The van der Waals surface area contributed by atoms with E-state index in [9.17, 15) is 8.42 Å². The third-order valence-electron chi connectivity index (χ3n) is 3.09. The van der Waals surface area contributed by atoms with Crippen molar-refractivity contribution in [3.05, 3.63) is 40.4 Å². The molecule has 1 aromatic carbocycles. The summed E-state index contributed by atoms with van der Waals surface area (Å²) >= 11 is 3.26. The van der Waals surface area contributed by atoms with Gasteiger partial charge in [0.05, 0.1) is 4.90 Å². The molecule has 1 aromatic rings. The van der Waals surface area contributed by atoms with Crippen LogP contribution in [-0.4, -0.2) is 26.2 Å². The van der Waals surface area contributed by atoms with Crippen molar-refractivity contribution in [1.29, 1.82) is 0 Å². The van der Waals surface area contributed by atoms with Crippen LogP contribution < -0.4 is 4.72 Å². The highest BCUT2D eigenvalue weighted by Gasteiger charge is 2.25. The quantitative estimate of drug-likeness (QED) is 0.820. The summed E-state index contributed by atoms with van der Waals surface area (Å²) < 4.78 is 27.8. The van der Waals surface area contributed by atoms with Gasteiger partial charge in [0.2, 0.25) is 10.0 Å². The molecule has 4 nitrogen and oxygen atoms in total. The van der Waals surface area contributed by atoms with Crippen LogP contribution in [0.5, 0.6) is 0 Å². The van der Waals surface area contributed by atoms with E-state index in [0.717, 1.165) is 5.56 Å². The van der Waals surface area contributed by atoms with Crippen LogP contribution in [0, 0.1) is 12.8 Å². The molecule has 0 spiro atoms. The third kappa shape index (κ3) is 3.45. The monoisotopic (exact) mass is 345 g/mol. The fraction of sp³-hybridized carbons (Fsp3) is 0.385. The number of aryl methyl sites for hydroxylation is 1. The molecule has 1 aliphatic rings. The van der Waals surface area contributed by atoms with Gasteiger partial charge in [-0.15, -0.1) is 0 Å². The fourth-order valence-electron chi connectivity index (χ4n) is 2.08. The first kappa shape index (κ1) is 14.7. The van der Waals surface area contributed by atoms with Crippen molar-refractivity contribution in [2.24, 2.45) is 5.92 Å². The van der Waals surface area contributed by atoms with Crippen LogP contribution in [0.2, 0.25) is 0 Å². The Morgan fingerprint density at radius 1 is 1.42 bits per heavy atom. The minimum absolute atomic E-state index is 0.0358. The Bertz CT molecular complexity index is 598. The average molecular weight is 346 g/mol. The molecule has 2 N–H and O–H groups in total. The molecule has 0 heterocycles. The molecule has 0 unspecified atom stereocenters. The molecule has 19 heavy (non-hydrogen) atoms. The second kappa shape index (κ2) is 5.75. The van der Waals surface area contributed by atoms with E-state index in [1.54, 1.807) is 18.2 Å². The summed E-state index contributed by atoms with van der Waals surface area (Å²) in [6.45, 7) is 1.89. The van der Waals surface area contributed by atoms with Crippen LogP contribution in [0.1, 0.15) is 12.0 Å². The Balaban J connectivity index is 2.20. The van der Waals surface area contributed by atoms with Crippen LogP contribution in [0.15, 0.2) is 39.7 Å². The van der Waals surface area contributed by atoms with Crippen molar-refractivity contribution in [3.63, 3.8) is 0 Å². The fourth-order valence-corrected chi connectivity index (χ4v) is 4.33. The lowest BCUT2D eigenvalue weighted by Gasteiger charge is -2.14. The lowest BCUT2D eigenvalue weighted by Crippen LogP contribution is -2.33. The average Bonchev–Trinajstić information content (AvgIpc) is 2.79. The first-order chi connectivity index (χ1) is 8.92. The highest BCUT2D eigenvalue weighted by atomic mass is 79.9. The van der Waals surface area contributed by atoms with E-state index >= 15 is 0 Å². The molecule has 0 fully saturated rings. The van der Waals surface area contributed by atoms with Gasteiger partial charge in [-0.1, -0.05) is 18.2 Å². The molecule has 6 heteroatoms. The molecule has 0 aliphatic heterocycles. The molecule has 2 atom stereocenters. The predicted molar refractivity (Wildman–Crippen MR) is 77.3 cm³/mol. The van der Waals surface area contributed by atoms with Crippen LogP contribution in [0.3, 0.4) is 0 Å². The largest absolute Gasteiger partial charge is 0.396 e. The molecular formula is C13H16BrNO3S. The summed E-state index contributed by atoms with van der Waals surface area (Å²) in [5, 5.41) is 9.04. The number of hydrogen-bond acceptors (Lipinski definition) is 3. The number of sulfonamides is 1. The van der Waals surface area contributed by atoms with Gasteiger partial charge in [-0.05, 0) is 47.0 Å². The third-order valence-corrected chi connectivity index (χ3v) is 5.57. The van der Waals surface area contributed by atoms with Gasteiger partial charge >= 0.3 is 0 Å². The van der Waals surface area contributed by atoms with E-state index in [2.05, 4.69) is 20.7 Å². The Morgan fingerprint density at radius 3 is 2.79 bits per heavy atom. The van der Waals surface area contributed by atoms with E-state index in [4.69, 9.17) is 5.11 Å². The maximum absolute atomic E-state index is 12.3. The highest BCUT2D eigenvalue weighted by molar-refractivity contribution is 9.10. The van der Waals surface area contributed by atoms with E-state index in [-0.39, 0.29) is 23.5 Å². The second-order valence-corrected chi connectivity index (χ2v) is 7.26. The standard InChI is InChI=1S/C13H16BrNO3S/c1-9-2-5-12(14)13(6-9)19(17,18)15-11-4-3-10(7-11)8-16/h2-6,10-11,15-16H,7-8H2,1H3/t10-,11+/m0/s1. The van der Waals surface area contributed by atoms with Crippen molar-refractivity contribution in [2.45, 2.75) is 24.3 Å². The van der Waals surface area contributed by atoms with Crippen molar-refractivity contribution < 1.29 is 13.5 Å². The Labute approximate surface area is 121 Å². The summed E-state index contributed by atoms with van der Waals surface area (Å²) in [6.07, 6.45) is 4.24. The second-order valence-electron chi connectivity index (χ2n) is 4.72. The van der Waals surface area contributed by atoms with Crippen molar-refractivity contribution >= 4 is 26.0 Å². The van der Waals surface area contributed by atoms with Gasteiger partial charge in [0.1, 0.15) is 0 Å². The lowest BCUT2D eigenvalue weighted by atomic mass is 10.1. The van der Waals surface area contributed by atoms with Crippen LogP contribution in [-0.2, 0) is 10.0 Å². The van der Waals surface area contributed by atoms with Crippen molar-refractivity contribution in [2.75, 3.05) is 6.61 Å². The predicted octanol–water partition coefficient (Wildman–Crippen LogP) is 1.97. The lowest BCUT2D eigenvalue weighted by molar-refractivity contribution is 0.248. The normalized spacial score (nSPS) is 22.9. The zero-order chi connectivity index (χ0) is 14.0. The summed E-state index contributed by atoms with van der Waals surface area (Å²) in [5.74, 6) is 0.0358. The number of aliphatic hydroxyl groups excluding tert-OH is 1. The molecule has 0 aromatic heterocycles. The molecule has 0 radical (unpaired) electrons. The number of hydrogen-bond donors (Lipinski definition) is 2. The van der Waals surface area contributed by atoms with E-state index in [1.165, 1.54) is 0 Å². The molecule has 104 valence electrons. The van der Waals surface area contributed by atoms with Gasteiger partial charge in [-0.2, -0.15) is 0 Å². The molecule has 0 amide bonds. The Hall–Kier alpha value is -0.690. The van der Waals surface area contributed by atoms with Gasteiger partial charge in [-0.3, -0.25) is 0 Å². The van der Waals surface area contributed by atoms with Crippen molar-refractivity contribution in [1.82, 2.24) is 4.72 Å². The maximum atomic E-state index is 12.3. The molecule has 0 saturated heterocycles. The minimum Gasteiger partial charge on any atom is -0.396 e. The topological polar surface area (TPSA) is 66.4 Å². The van der Waals surface area contributed by atoms with Crippen LogP contribution >= 0.6 is 15.9 Å². The SMILES string of the molecule is Cc1ccc(Br)c(S(=O)(=O)N[C@@H]2C=C[C@H](CO)C2)c1. The summed E-state index contributed by atoms with van der Waals surface area (Å²) in [7, 11) is -3.56. The van der Waals surface area contributed by atoms with Gasteiger partial charge < -0.3 is 5.11 Å². The number of rotatable bonds is 4. The molecule has 1 aliphatic carbocycles. The number of nitrogens with one attached hydrogen (secondary N) is 1. The summed E-state index contributed by atoms with van der Waals surface area (Å²) in [4.78, 5) is 0.244. The zero-order valence-corrected chi connectivity index (χ0v) is 12.9. The maximum Gasteiger partial charge on any atom is 0.242 e. The minimum atomic E-state index is -3.56. The number of halogens is 1. The Kier molecular flexibility index (Phi) is 4.45. The number of benzene rings is 1. The molecule has 2 rings (SSSR count). The first-order valence-corrected chi connectivity index (χ1v) is 8.27. The zero-order valence-electron chi connectivity index (χ0n) is 10.5. The Morgan fingerprint density at radius 2 is 2.16 bits per heavy atom. The van der Waals surface area contributed by atoms with Gasteiger partial charge in [0.25, 0.3) is 0 Å². The molecular weight excluding hydrogens is 330 g/mol. The number of aliphatic hydroxyl groups is 1. The smallest absolute Gasteiger partial charge is 0.242 e. The molecule has 0 bridgehead atoms. The summed E-state index contributed by atoms with van der Waals surface area (Å²) in [6, 6.07) is 4.95. The van der Waals surface area contributed by atoms with Crippen LogP contribution in [0.25, 0.3) is 0 Å². The van der Waals surface area contributed by atoms with Crippen LogP contribution in [0.4, 0.5) is 0 Å². The van der Waals surface area contributed by atoms with Crippen molar-refractivity contribution in [3.8, 4) is 0 Å². The van der Waals surface area contributed by atoms with E-state index in [1.807, 2.05) is 19.1 Å². The van der Waals surface area contributed by atoms with E-state index in [0.29, 0.717) is 10.9 Å². The van der Waals surface area contributed by atoms with Gasteiger partial charge in [0, 0.05) is 23.0 Å². The first-order valence-electron chi connectivity index (χ1n) is 6.00.